The summed E-state index contributed by atoms with van der Waals surface area (Å²) < 4.78 is 0. The molecule has 8 heavy (non-hydrogen) atoms. The number of hydrogen-bond donors (Lipinski definition) is 2. The second-order valence-corrected chi connectivity index (χ2v) is 0.998. The number of hydrogen-bond acceptors (Lipinski definition) is 3. The van der Waals surface area contributed by atoms with Crippen molar-refractivity contribution >= 4 is 22.1 Å². The van der Waals surface area contributed by atoms with Crippen LogP contribution in [0.15, 0.2) is 5.10 Å². The van der Waals surface area contributed by atoms with Crippen LogP contribution < -0.4 is 11.2 Å². The first kappa shape index (κ1) is 10.4. The van der Waals surface area contributed by atoms with E-state index < -0.39 is 0 Å². The van der Waals surface area contributed by atoms with Crippen molar-refractivity contribution in [1.82, 2.24) is 5.43 Å². The van der Waals surface area contributed by atoms with Gasteiger partial charge in [0.15, 0.2) is 0 Å². The van der Waals surface area contributed by atoms with Crippen LogP contribution in [0, 0.1) is 0 Å². The summed E-state index contributed by atoms with van der Waals surface area (Å²) in [6.45, 7) is 1.31. The molecule has 1 atom stereocenters. The Balaban J connectivity index is 0. The molecule has 1 aliphatic rings. The number of nitrogens with two attached hydrogens (primary N) is 1. The van der Waals surface area contributed by atoms with Gasteiger partial charge in [-0.1, -0.05) is 0 Å². The predicted molar refractivity (Wildman–Crippen MR) is 37.6 cm³/mol. The molecule has 0 aromatic heterocycles. The summed E-state index contributed by atoms with van der Waals surface area (Å²) in [5, 5.41) is 3.38. The summed E-state index contributed by atoms with van der Waals surface area (Å²) in [4.78, 5) is 9.22. The number of nitrogens with one attached hydrogen (secondary N) is 1. The summed E-state index contributed by atoms with van der Waals surface area (Å²) in [7, 11) is 0. The van der Waals surface area contributed by atoms with Gasteiger partial charge in [0.25, 0.3) is 0 Å². The predicted octanol–water partition coefficient (Wildman–Crippen LogP) is -0.917. The molecule has 1 aliphatic heterocycles. The summed E-state index contributed by atoms with van der Waals surface area (Å²) in [5.41, 5.74) is 6.97. The van der Waals surface area contributed by atoms with E-state index in [1.165, 1.54) is 6.92 Å². The van der Waals surface area contributed by atoms with Crippen LogP contribution >= 0.6 is 9.90 Å². The van der Waals surface area contributed by atoms with E-state index >= 15 is 0 Å². The second-order valence-electron chi connectivity index (χ2n) is 0.998. The van der Waals surface area contributed by atoms with Crippen LogP contribution in [-0.4, -0.2) is 12.2 Å². The Kier molecular flexibility index (Phi) is 8.26. The number of nitrogens with zero attached hydrogens (tertiary/aromatic N) is 1. The highest BCUT2D eigenvalue weighted by Crippen LogP contribution is 1.56. The van der Waals surface area contributed by atoms with E-state index in [2.05, 4.69) is 16.3 Å². The Hall–Kier alpha value is -0.630. The minimum atomic E-state index is -0.333. The summed E-state index contributed by atoms with van der Waals surface area (Å²) in [6.07, 6.45) is 1.62. The summed E-state index contributed by atoms with van der Waals surface area (Å²) in [6, 6.07) is 0. The van der Waals surface area contributed by atoms with E-state index in [-0.39, 0.29) is 15.8 Å². The van der Waals surface area contributed by atoms with Gasteiger partial charge in [-0.2, -0.15) is 15.0 Å². The lowest BCUT2D eigenvalue weighted by molar-refractivity contribution is -0.115. The normalized spacial score (nSPS) is 9.12. The van der Waals surface area contributed by atoms with Crippen molar-refractivity contribution in [2.75, 3.05) is 0 Å². The van der Waals surface area contributed by atoms with Crippen molar-refractivity contribution in [2.45, 2.75) is 6.92 Å². The number of carbonyl (C=O) groups excluding carboxylic acids is 1. The standard InChI is InChI=1S/C2H5NO.CH2N2.H3P/c1-2(3)4;1-2-3-1;/h1H3,(H2,3,4);1H,(H,2,3);1H3. The molecule has 0 aromatic rings. The minimum Gasteiger partial charge on any atom is -0.370 e. The fourth-order valence-corrected chi connectivity index (χ4v) is 0. The fourth-order valence-electron chi connectivity index (χ4n) is 0. The zero-order valence-corrected chi connectivity index (χ0v) is 6.13. The Labute approximate surface area is 51.1 Å². The number of carbonyl (C=O) groups is 1. The molecular formula is C3H10N3OP. The Bertz CT molecular complexity index is 84.5. The molecular weight excluding hydrogens is 125 g/mol. The van der Waals surface area contributed by atoms with E-state index in [9.17, 15) is 4.79 Å². The average molecular weight is 135 g/mol. The molecule has 1 unspecified atom stereocenters. The average Bonchev–Trinajstić information content (AvgIpc) is 2.02. The van der Waals surface area contributed by atoms with Crippen LogP contribution in [0.1, 0.15) is 6.92 Å². The van der Waals surface area contributed by atoms with Crippen LogP contribution in [0.5, 0.6) is 0 Å². The van der Waals surface area contributed by atoms with Crippen LogP contribution in [0.4, 0.5) is 0 Å². The maximum Gasteiger partial charge on any atom is 0.214 e. The van der Waals surface area contributed by atoms with Crippen LogP contribution in [0.3, 0.4) is 0 Å². The van der Waals surface area contributed by atoms with Gasteiger partial charge in [-0.25, -0.2) is 0 Å². The molecule has 0 spiro atoms. The molecule has 0 saturated carbocycles. The third-order valence-electron chi connectivity index (χ3n) is 0.129. The van der Waals surface area contributed by atoms with Crippen molar-refractivity contribution in [3.63, 3.8) is 0 Å². The van der Waals surface area contributed by atoms with E-state index in [4.69, 9.17) is 0 Å². The zero-order valence-electron chi connectivity index (χ0n) is 4.72. The lowest BCUT2D eigenvalue weighted by atomic mass is 10.8. The highest BCUT2D eigenvalue weighted by Gasteiger charge is 1.71. The number of hydrazone groups is 1. The maximum absolute atomic E-state index is 9.22. The lowest BCUT2D eigenvalue weighted by Crippen LogP contribution is -2.01. The largest absolute Gasteiger partial charge is 0.370 e. The highest BCUT2D eigenvalue weighted by molar-refractivity contribution is 6.92. The number of amides is 1. The molecule has 3 N–H and O–H groups in total. The van der Waals surface area contributed by atoms with E-state index in [0.717, 1.165) is 0 Å². The molecule has 0 bridgehead atoms. The monoisotopic (exact) mass is 135 g/mol. The summed E-state index contributed by atoms with van der Waals surface area (Å²) >= 11 is 0. The van der Waals surface area contributed by atoms with Gasteiger partial charge >= 0.3 is 0 Å². The van der Waals surface area contributed by atoms with E-state index in [1.807, 2.05) is 0 Å². The second kappa shape index (κ2) is 6.37. The van der Waals surface area contributed by atoms with Gasteiger partial charge in [0, 0.05) is 6.92 Å². The molecule has 0 fully saturated rings. The smallest absolute Gasteiger partial charge is 0.214 e. The Morgan fingerprint density at radius 1 is 1.88 bits per heavy atom. The highest BCUT2D eigenvalue weighted by atomic mass is 31.0. The first-order chi connectivity index (χ1) is 3.23. The van der Waals surface area contributed by atoms with Gasteiger partial charge in [-0.3, -0.25) is 10.2 Å². The first-order valence-corrected chi connectivity index (χ1v) is 1.76. The molecule has 4 nitrogen and oxygen atoms in total. The van der Waals surface area contributed by atoms with E-state index in [1.54, 1.807) is 6.34 Å². The molecule has 1 heterocycles. The lowest BCUT2D eigenvalue weighted by Gasteiger charge is -1.60. The van der Waals surface area contributed by atoms with Gasteiger partial charge in [0.05, 0.1) is 0 Å². The minimum absolute atomic E-state index is 0. The van der Waals surface area contributed by atoms with Gasteiger partial charge in [0.1, 0.15) is 6.34 Å². The quantitative estimate of drug-likeness (QED) is 0.421. The molecule has 0 saturated heterocycles. The van der Waals surface area contributed by atoms with Crippen molar-refractivity contribution < 1.29 is 4.79 Å². The third-order valence-corrected chi connectivity index (χ3v) is 0.129. The topological polar surface area (TPSA) is 77.4 Å². The SMILES string of the molecule is C1=NN1.CC(N)=O.P. The maximum atomic E-state index is 9.22. The van der Waals surface area contributed by atoms with Crippen molar-refractivity contribution in [1.29, 1.82) is 0 Å². The fraction of sp³-hybridized carbons (Fsp3) is 0.333. The van der Waals surface area contributed by atoms with Gasteiger partial charge < -0.3 is 5.73 Å². The molecule has 0 aromatic carbocycles. The molecule has 48 valence electrons. The molecule has 1 amide bonds. The molecule has 5 heteroatoms. The molecule has 0 aliphatic carbocycles. The first-order valence-electron chi connectivity index (χ1n) is 1.76. The number of rotatable bonds is 0. The summed E-state index contributed by atoms with van der Waals surface area (Å²) in [5.74, 6) is -0.333. The Morgan fingerprint density at radius 3 is 2.00 bits per heavy atom. The van der Waals surface area contributed by atoms with Gasteiger partial charge in [0.2, 0.25) is 5.91 Å². The molecule has 1 rings (SSSR count). The van der Waals surface area contributed by atoms with Crippen molar-refractivity contribution in [2.24, 2.45) is 10.8 Å². The zero-order chi connectivity index (χ0) is 5.70. The number of primary amides is 1. The van der Waals surface area contributed by atoms with Crippen LogP contribution in [-0.2, 0) is 4.79 Å². The Morgan fingerprint density at radius 2 is 2.00 bits per heavy atom. The van der Waals surface area contributed by atoms with Crippen LogP contribution in [0.2, 0.25) is 0 Å². The van der Waals surface area contributed by atoms with Gasteiger partial charge in [-0.05, 0) is 0 Å². The van der Waals surface area contributed by atoms with Gasteiger partial charge in [-0.15, -0.1) is 0 Å². The van der Waals surface area contributed by atoms with Crippen molar-refractivity contribution in [3.8, 4) is 0 Å². The van der Waals surface area contributed by atoms with Crippen LogP contribution in [0.25, 0.3) is 0 Å². The third kappa shape index (κ3) is 749. The van der Waals surface area contributed by atoms with E-state index in [0.29, 0.717) is 0 Å². The van der Waals surface area contributed by atoms with Crippen molar-refractivity contribution in [3.05, 3.63) is 0 Å². The molecule has 0 radical (unpaired) electrons.